The molecular formula is C27H16F2N4O. The van der Waals surface area contributed by atoms with Crippen molar-refractivity contribution >= 4 is 5.78 Å². The number of carbonyl (C=O) groups is 1. The summed E-state index contributed by atoms with van der Waals surface area (Å²) in [4.78, 5) is 29.2. The number of hydrogen-bond donors (Lipinski definition) is 0. The van der Waals surface area contributed by atoms with Crippen molar-refractivity contribution in [2.45, 2.75) is 13.8 Å². The number of aromatic nitrogens is 4. The van der Waals surface area contributed by atoms with Crippen LogP contribution >= 0.6 is 0 Å². The van der Waals surface area contributed by atoms with Crippen LogP contribution in [0.25, 0.3) is 0 Å². The SMILES string of the molecule is Cc1ncc(C#Cc2ccc(F)c(C(=O)c3cc(C#Cc4cnc(C)nc4)ccc3F)c2)cn1. The first-order valence-corrected chi connectivity index (χ1v) is 10.1. The number of benzene rings is 2. The Balaban J connectivity index is 1.64. The summed E-state index contributed by atoms with van der Waals surface area (Å²) < 4.78 is 29.0. The molecule has 0 aliphatic carbocycles. The predicted molar refractivity (Wildman–Crippen MR) is 122 cm³/mol. The lowest BCUT2D eigenvalue weighted by molar-refractivity contribution is 0.103. The molecule has 0 aliphatic heterocycles. The van der Waals surface area contributed by atoms with Crippen LogP contribution in [0.5, 0.6) is 0 Å². The topological polar surface area (TPSA) is 68.6 Å². The highest BCUT2D eigenvalue weighted by Crippen LogP contribution is 2.19. The maximum Gasteiger partial charge on any atom is 0.199 e. The Morgan fingerprint density at radius 3 is 1.35 bits per heavy atom. The van der Waals surface area contributed by atoms with Crippen LogP contribution in [0, 0.1) is 49.2 Å². The van der Waals surface area contributed by atoms with Crippen LogP contribution in [0.15, 0.2) is 61.2 Å². The Morgan fingerprint density at radius 1 is 0.618 bits per heavy atom. The highest BCUT2D eigenvalue weighted by Gasteiger charge is 2.18. The second-order valence-corrected chi connectivity index (χ2v) is 7.26. The van der Waals surface area contributed by atoms with E-state index >= 15 is 0 Å². The van der Waals surface area contributed by atoms with E-state index in [0.29, 0.717) is 33.9 Å². The molecule has 0 spiro atoms. The van der Waals surface area contributed by atoms with Gasteiger partial charge in [-0.3, -0.25) is 4.79 Å². The van der Waals surface area contributed by atoms with E-state index in [9.17, 15) is 13.6 Å². The van der Waals surface area contributed by atoms with Crippen LogP contribution in [-0.2, 0) is 0 Å². The first kappa shape index (κ1) is 22.4. The third kappa shape index (κ3) is 5.35. The van der Waals surface area contributed by atoms with Crippen LogP contribution in [0.2, 0.25) is 0 Å². The zero-order valence-electron chi connectivity index (χ0n) is 18.2. The Hall–Kier alpha value is -4.75. The van der Waals surface area contributed by atoms with E-state index in [1.54, 1.807) is 38.6 Å². The molecule has 0 N–H and O–H groups in total. The van der Waals surface area contributed by atoms with E-state index in [2.05, 4.69) is 43.6 Å². The Labute approximate surface area is 195 Å². The fraction of sp³-hybridized carbons (Fsp3) is 0.0741. The van der Waals surface area contributed by atoms with Crippen LogP contribution in [-0.4, -0.2) is 25.7 Å². The summed E-state index contributed by atoms with van der Waals surface area (Å²) in [6.45, 7) is 3.51. The molecule has 4 rings (SSSR count). The minimum absolute atomic E-state index is 0.289. The monoisotopic (exact) mass is 450 g/mol. The number of ketones is 1. The summed E-state index contributed by atoms with van der Waals surface area (Å²) in [5.41, 5.74) is 1.34. The maximum absolute atomic E-state index is 14.5. The van der Waals surface area contributed by atoms with Gasteiger partial charge in [-0.25, -0.2) is 28.7 Å². The van der Waals surface area contributed by atoms with Gasteiger partial charge in [0, 0.05) is 35.9 Å². The van der Waals surface area contributed by atoms with Crippen LogP contribution in [0.3, 0.4) is 0 Å². The van der Waals surface area contributed by atoms with Gasteiger partial charge < -0.3 is 0 Å². The highest BCUT2D eigenvalue weighted by atomic mass is 19.1. The number of aryl methyl sites for hydroxylation is 2. The van der Waals surface area contributed by atoms with Crippen molar-refractivity contribution in [3.63, 3.8) is 0 Å². The van der Waals surface area contributed by atoms with Crippen molar-refractivity contribution in [3.05, 3.63) is 118 Å². The molecule has 0 fully saturated rings. The molecule has 164 valence electrons. The molecule has 0 aliphatic rings. The Bertz CT molecular complexity index is 1390. The summed E-state index contributed by atoms with van der Waals surface area (Å²) >= 11 is 0. The first-order valence-electron chi connectivity index (χ1n) is 10.1. The number of halogens is 2. The fourth-order valence-corrected chi connectivity index (χ4v) is 2.90. The molecule has 2 heterocycles. The van der Waals surface area contributed by atoms with E-state index in [-0.39, 0.29) is 11.1 Å². The standard InChI is InChI=1S/C27H16F2N4O/c1-17-30-13-21(14-31-17)5-3-19-7-9-25(28)23(11-19)27(34)24-12-20(8-10-26(24)29)4-6-22-15-32-18(2)33-16-22/h7-16H,1-2H3. The molecule has 2 aromatic carbocycles. The van der Waals surface area contributed by atoms with E-state index in [0.717, 1.165) is 12.1 Å². The van der Waals surface area contributed by atoms with Gasteiger partial charge >= 0.3 is 0 Å². The van der Waals surface area contributed by atoms with E-state index < -0.39 is 17.4 Å². The zero-order chi connectivity index (χ0) is 24.1. The lowest BCUT2D eigenvalue weighted by Gasteiger charge is -2.06. The van der Waals surface area contributed by atoms with Crippen molar-refractivity contribution in [1.29, 1.82) is 0 Å². The van der Waals surface area contributed by atoms with Crippen LogP contribution in [0.1, 0.15) is 49.8 Å². The summed E-state index contributed by atoms with van der Waals surface area (Å²) in [5.74, 6) is 10.3. The van der Waals surface area contributed by atoms with Crippen LogP contribution in [0.4, 0.5) is 8.78 Å². The smallest absolute Gasteiger partial charge is 0.199 e. The summed E-state index contributed by atoms with van der Waals surface area (Å²) in [7, 11) is 0. The van der Waals surface area contributed by atoms with E-state index in [1.165, 1.54) is 24.3 Å². The van der Waals surface area contributed by atoms with Gasteiger partial charge in [0.15, 0.2) is 5.78 Å². The van der Waals surface area contributed by atoms with Crippen molar-refractivity contribution in [2.24, 2.45) is 0 Å². The molecule has 0 atom stereocenters. The second-order valence-electron chi connectivity index (χ2n) is 7.26. The third-order valence-corrected chi connectivity index (χ3v) is 4.69. The summed E-state index contributed by atoms with van der Waals surface area (Å²) in [6.07, 6.45) is 6.26. The molecule has 0 saturated carbocycles. The lowest BCUT2D eigenvalue weighted by atomic mass is 9.98. The zero-order valence-corrected chi connectivity index (χ0v) is 18.2. The van der Waals surface area contributed by atoms with Gasteiger partial charge in [0.25, 0.3) is 0 Å². The maximum atomic E-state index is 14.5. The molecule has 0 saturated heterocycles. The molecule has 0 amide bonds. The van der Waals surface area contributed by atoms with Gasteiger partial charge in [-0.1, -0.05) is 23.7 Å². The molecule has 4 aromatic rings. The number of rotatable bonds is 2. The van der Waals surface area contributed by atoms with Crippen LogP contribution < -0.4 is 0 Å². The Kier molecular flexibility index (Phi) is 6.47. The van der Waals surface area contributed by atoms with Gasteiger partial charge in [0.05, 0.1) is 22.3 Å². The molecule has 34 heavy (non-hydrogen) atoms. The minimum atomic E-state index is -0.806. The van der Waals surface area contributed by atoms with Crippen molar-refractivity contribution in [3.8, 4) is 23.7 Å². The van der Waals surface area contributed by atoms with Gasteiger partial charge in [-0.15, -0.1) is 0 Å². The molecule has 5 nitrogen and oxygen atoms in total. The summed E-state index contributed by atoms with van der Waals surface area (Å²) in [5, 5.41) is 0. The molecule has 7 heteroatoms. The van der Waals surface area contributed by atoms with Gasteiger partial charge in [0.1, 0.15) is 23.3 Å². The number of carbonyl (C=O) groups excluding carboxylic acids is 1. The average Bonchev–Trinajstić information content (AvgIpc) is 2.84. The normalized spacial score (nSPS) is 10.0. The molecule has 2 aromatic heterocycles. The molecular weight excluding hydrogens is 434 g/mol. The number of hydrogen-bond acceptors (Lipinski definition) is 5. The third-order valence-electron chi connectivity index (χ3n) is 4.69. The van der Waals surface area contributed by atoms with Crippen molar-refractivity contribution in [1.82, 2.24) is 19.9 Å². The number of nitrogens with zero attached hydrogens (tertiary/aromatic N) is 4. The largest absolute Gasteiger partial charge is 0.288 e. The molecule has 0 radical (unpaired) electrons. The quantitative estimate of drug-likeness (QED) is 0.338. The predicted octanol–water partition coefficient (Wildman–Crippen LogP) is 4.19. The average molecular weight is 450 g/mol. The minimum Gasteiger partial charge on any atom is -0.288 e. The van der Waals surface area contributed by atoms with E-state index in [4.69, 9.17) is 0 Å². The fourth-order valence-electron chi connectivity index (χ4n) is 2.90. The Morgan fingerprint density at radius 2 is 0.971 bits per heavy atom. The van der Waals surface area contributed by atoms with E-state index in [1.807, 2.05) is 0 Å². The van der Waals surface area contributed by atoms with Gasteiger partial charge in [-0.2, -0.15) is 0 Å². The van der Waals surface area contributed by atoms with Crippen molar-refractivity contribution < 1.29 is 13.6 Å². The van der Waals surface area contributed by atoms with Gasteiger partial charge in [-0.05, 0) is 50.2 Å². The lowest BCUT2D eigenvalue weighted by Crippen LogP contribution is -2.08. The highest BCUT2D eigenvalue weighted by molar-refractivity contribution is 6.09. The van der Waals surface area contributed by atoms with Gasteiger partial charge in [0.2, 0.25) is 0 Å². The molecule has 0 bridgehead atoms. The van der Waals surface area contributed by atoms with Crippen molar-refractivity contribution in [2.75, 3.05) is 0 Å². The first-order chi connectivity index (χ1) is 16.4. The second kappa shape index (κ2) is 9.81. The summed E-state index contributed by atoms with van der Waals surface area (Å²) in [6, 6.07) is 7.72. The molecule has 0 unspecified atom stereocenters.